The van der Waals surface area contributed by atoms with E-state index in [0.717, 1.165) is 9.13 Å². The summed E-state index contributed by atoms with van der Waals surface area (Å²) in [6.07, 6.45) is 0.645. The number of aromatic hydroxyl groups is 1. The summed E-state index contributed by atoms with van der Waals surface area (Å²) in [5.41, 5.74) is 3.09. The van der Waals surface area contributed by atoms with Crippen molar-refractivity contribution < 1.29 is 15.3 Å². The zero-order valence-electron chi connectivity index (χ0n) is 16.9. The van der Waals surface area contributed by atoms with Crippen LogP contribution in [-0.2, 0) is 0 Å². The third-order valence-electron chi connectivity index (χ3n) is 4.68. The Kier molecular flexibility index (Phi) is 7.35. The number of halogens is 3. The van der Waals surface area contributed by atoms with E-state index < -0.39 is 6.10 Å². The van der Waals surface area contributed by atoms with E-state index in [0.29, 0.717) is 28.5 Å². The Morgan fingerprint density at radius 3 is 2.55 bits per heavy atom. The molecule has 0 spiro atoms. The molecule has 0 fully saturated rings. The fraction of sp³-hybridized carbons (Fsp3) is 0.136. The number of aromatic nitrogens is 4. The lowest BCUT2D eigenvalue weighted by atomic mass is 10.1. The van der Waals surface area contributed by atoms with Crippen LogP contribution < -0.4 is 5.32 Å². The lowest BCUT2D eigenvalue weighted by Crippen LogP contribution is -2.23. The van der Waals surface area contributed by atoms with E-state index in [2.05, 4.69) is 42.9 Å². The van der Waals surface area contributed by atoms with Crippen molar-refractivity contribution in [3.05, 3.63) is 62.3 Å². The summed E-state index contributed by atoms with van der Waals surface area (Å²) in [5, 5.41) is 31.8. The van der Waals surface area contributed by atoms with Gasteiger partial charge >= 0.3 is 0 Å². The largest absolute Gasteiger partial charge is 0.508 e. The zero-order chi connectivity index (χ0) is 23.5. The molecule has 0 radical (unpaired) electrons. The van der Waals surface area contributed by atoms with Gasteiger partial charge in [0.15, 0.2) is 0 Å². The number of benzene rings is 2. The van der Waals surface area contributed by atoms with E-state index in [-0.39, 0.29) is 34.9 Å². The second-order valence-corrected chi connectivity index (χ2v) is 9.15. The van der Waals surface area contributed by atoms with Crippen LogP contribution in [0.3, 0.4) is 0 Å². The van der Waals surface area contributed by atoms with Gasteiger partial charge in [0.2, 0.25) is 5.95 Å². The van der Waals surface area contributed by atoms with Gasteiger partial charge in [0.05, 0.1) is 45.4 Å². The number of imidazole rings is 1. The van der Waals surface area contributed by atoms with Crippen molar-refractivity contribution in [1.29, 1.82) is 0 Å². The molecule has 1 unspecified atom stereocenters. The summed E-state index contributed by atoms with van der Waals surface area (Å²) in [6, 6.07) is 12.3. The van der Waals surface area contributed by atoms with Gasteiger partial charge in [-0.25, -0.2) is 15.0 Å². The molecular weight excluding hydrogens is 580 g/mol. The molecule has 0 saturated heterocycles. The molecule has 0 aliphatic carbocycles. The molecule has 0 saturated carbocycles. The minimum Gasteiger partial charge on any atom is -0.508 e. The van der Waals surface area contributed by atoms with Gasteiger partial charge in [-0.15, -0.1) is 0 Å². The van der Waals surface area contributed by atoms with Crippen molar-refractivity contribution in [2.24, 2.45) is 0 Å². The van der Waals surface area contributed by atoms with E-state index in [1.165, 1.54) is 12.1 Å². The first-order chi connectivity index (χ1) is 15.9. The average molecular weight is 598 g/mol. The minimum atomic E-state index is -0.934. The molecule has 0 bridgehead atoms. The normalized spacial score (nSPS) is 12.0. The number of anilines is 1. The maximum absolute atomic E-state index is 9.79. The fourth-order valence-electron chi connectivity index (χ4n) is 3.16. The number of rotatable bonds is 7. The molecule has 4 rings (SSSR count). The van der Waals surface area contributed by atoms with Crippen LogP contribution in [-0.4, -0.2) is 54.5 Å². The highest BCUT2D eigenvalue weighted by molar-refractivity contribution is 14.1. The van der Waals surface area contributed by atoms with Crippen LogP contribution >= 0.6 is 45.8 Å². The maximum atomic E-state index is 9.79. The van der Waals surface area contributed by atoms with E-state index in [4.69, 9.17) is 33.3 Å². The van der Waals surface area contributed by atoms with Gasteiger partial charge < -0.3 is 25.6 Å². The first-order valence-electron chi connectivity index (χ1n) is 9.76. The highest BCUT2D eigenvalue weighted by Crippen LogP contribution is 2.40. The second kappa shape index (κ2) is 10.2. The van der Waals surface area contributed by atoms with Gasteiger partial charge in [-0.2, -0.15) is 0 Å². The van der Waals surface area contributed by atoms with E-state index in [1.54, 1.807) is 12.3 Å². The van der Waals surface area contributed by atoms with Crippen molar-refractivity contribution in [1.82, 2.24) is 19.9 Å². The monoisotopic (exact) mass is 597 g/mol. The third-order valence-corrected chi connectivity index (χ3v) is 5.95. The SMILES string of the molecule is OCC(O)CNc1nccc(-c2[nH]c(-c3c(Cl)cc(O)cc3Cl)nc2-c2cccc(I)c2)n1. The number of aliphatic hydroxyl groups is 2. The molecule has 2 aromatic heterocycles. The summed E-state index contributed by atoms with van der Waals surface area (Å²) in [4.78, 5) is 16.7. The number of nitrogens with one attached hydrogen (secondary N) is 2. The molecule has 8 nitrogen and oxygen atoms in total. The van der Waals surface area contributed by atoms with E-state index >= 15 is 0 Å². The molecule has 4 aromatic rings. The van der Waals surface area contributed by atoms with Crippen LogP contribution in [0.25, 0.3) is 34.0 Å². The predicted molar refractivity (Wildman–Crippen MR) is 136 cm³/mol. The number of nitrogens with zero attached hydrogens (tertiary/aromatic N) is 3. The Morgan fingerprint density at radius 2 is 1.85 bits per heavy atom. The second-order valence-electron chi connectivity index (χ2n) is 7.09. The summed E-state index contributed by atoms with van der Waals surface area (Å²) in [7, 11) is 0. The van der Waals surface area contributed by atoms with Crippen LogP contribution in [0.15, 0.2) is 48.7 Å². The molecule has 2 heterocycles. The molecule has 0 amide bonds. The number of aliphatic hydroxyl groups excluding tert-OH is 2. The zero-order valence-corrected chi connectivity index (χ0v) is 20.6. The number of H-pyrrole nitrogens is 1. The van der Waals surface area contributed by atoms with Gasteiger partial charge in [0.1, 0.15) is 11.6 Å². The summed E-state index contributed by atoms with van der Waals surface area (Å²) >= 11 is 15.0. The van der Waals surface area contributed by atoms with Crippen LogP contribution in [0.2, 0.25) is 10.0 Å². The number of aromatic amines is 1. The molecule has 0 aliphatic rings. The van der Waals surface area contributed by atoms with Gasteiger partial charge in [0, 0.05) is 21.9 Å². The lowest BCUT2D eigenvalue weighted by molar-refractivity contribution is 0.105. The van der Waals surface area contributed by atoms with Crippen LogP contribution in [0.1, 0.15) is 0 Å². The summed E-state index contributed by atoms with van der Waals surface area (Å²) in [6.45, 7) is -0.280. The highest BCUT2D eigenvalue weighted by Gasteiger charge is 2.21. The topological polar surface area (TPSA) is 127 Å². The third kappa shape index (κ3) is 5.39. The van der Waals surface area contributed by atoms with Crippen molar-refractivity contribution in [3.8, 4) is 39.8 Å². The standard InChI is InChI=1S/C22H18Cl2IN5O3/c23-15-7-13(32)8-16(24)18(15)21-29-19(11-2-1-3-12(25)6-11)20(30-21)17-4-5-26-22(28-17)27-9-14(33)10-31/h1-8,14,31-33H,9-10H2,(H,29,30)(H,26,27,28). The predicted octanol–water partition coefficient (Wildman–Crippen LogP) is 4.58. The molecular formula is C22H18Cl2IN5O3. The van der Waals surface area contributed by atoms with Crippen molar-refractivity contribution in [2.45, 2.75) is 6.10 Å². The quantitative estimate of drug-likeness (QED) is 0.197. The van der Waals surface area contributed by atoms with Crippen LogP contribution in [0.4, 0.5) is 5.95 Å². The first kappa shape index (κ1) is 23.7. The molecule has 11 heteroatoms. The molecule has 170 valence electrons. The smallest absolute Gasteiger partial charge is 0.223 e. The Bertz CT molecular complexity index is 1280. The fourth-order valence-corrected chi connectivity index (χ4v) is 4.36. The number of hydrogen-bond acceptors (Lipinski definition) is 7. The molecule has 1 atom stereocenters. The summed E-state index contributed by atoms with van der Waals surface area (Å²) < 4.78 is 1.03. The lowest BCUT2D eigenvalue weighted by Gasteiger charge is -2.09. The molecule has 5 N–H and O–H groups in total. The minimum absolute atomic E-state index is 0.0463. The molecule has 33 heavy (non-hydrogen) atoms. The van der Waals surface area contributed by atoms with Gasteiger partial charge in [-0.1, -0.05) is 35.3 Å². The van der Waals surface area contributed by atoms with Crippen molar-refractivity contribution in [2.75, 3.05) is 18.5 Å². The van der Waals surface area contributed by atoms with Gasteiger partial charge in [-0.05, 0) is 52.9 Å². The van der Waals surface area contributed by atoms with Gasteiger partial charge in [0.25, 0.3) is 0 Å². The first-order valence-corrected chi connectivity index (χ1v) is 11.6. The molecule has 0 aliphatic heterocycles. The number of hydrogen-bond donors (Lipinski definition) is 5. The Labute approximate surface area is 212 Å². The number of phenolic OH excluding ortho intramolecular Hbond substituents is 1. The van der Waals surface area contributed by atoms with Crippen LogP contribution in [0, 0.1) is 3.57 Å². The maximum Gasteiger partial charge on any atom is 0.223 e. The van der Waals surface area contributed by atoms with Crippen LogP contribution in [0.5, 0.6) is 5.75 Å². The van der Waals surface area contributed by atoms with E-state index in [1.807, 2.05) is 24.3 Å². The summed E-state index contributed by atoms with van der Waals surface area (Å²) in [5.74, 6) is 0.651. The van der Waals surface area contributed by atoms with Crippen molar-refractivity contribution >= 4 is 51.7 Å². The Hall–Kier alpha value is -2.44. The molecule has 2 aromatic carbocycles. The highest BCUT2D eigenvalue weighted by atomic mass is 127. The van der Waals surface area contributed by atoms with E-state index in [9.17, 15) is 10.2 Å². The number of phenols is 1. The Balaban J connectivity index is 1.84. The van der Waals surface area contributed by atoms with Crippen molar-refractivity contribution in [3.63, 3.8) is 0 Å². The van der Waals surface area contributed by atoms with Gasteiger partial charge in [-0.3, -0.25) is 0 Å². The average Bonchev–Trinajstić information content (AvgIpc) is 3.22. The Morgan fingerprint density at radius 1 is 1.09 bits per heavy atom.